The first-order chi connectivity index (χ1) is 8.20. The number of carboxylic acid groups (broad SMARTS) is 1. The summed E-state index contributed by atoms with van der Waals surface area (Å²) in [5.41, 5.74) is 1.87. The molecule has 0 unspecified atom stereocenters. The number of nitrogens with zero attached hydrogens (tertiary/aromatic N) is 2. The van der Waals surface area contributed by atoms with Crippen LogP contribution in [0.5, 0.6) is 0 Å². The van der Waals surface area contributed by atoms with E-state index in [0.717, 1.165) is 18.5 Å². The summed E-state index contributed by atoms with van der Waals surface area (Å²) >= 11 is 0. The number of carbonyl (C=O) groups is 1. The standard InChI is InChI=1S/C12H14N2O3/c1-17-6-2-3-10-8-14-5-4-9(12(15)16)7-11(14)13-10/h4-5,7-8H,2-3,6H2,1H3,(H,15,16). The summed E-state index contributed by atoms with van der Waals surface area (Å²) < 4.78 is 6.80. The van der Waals surface area contributed by atoms with Crippen molar-refractivity contribution in [3.63, 3.8) is 0 Å². The van der Waals surface area contributed by atoms with Crippen LogP contribution in [-0.2, 0) is 11.2 Å². The predicted octanol–water partition coefficient (Wildman–Crippen LogP) is 1.61. The number of methoxy groups -OCH3 is 1. The van der Waals surface area contributed by atoms with Gasteiger partial charge >= 0.3 is 5.97 Å². The molecule has 2 rings (SSSR count). The van der Waals surface area contributed by atoms with E-state index in [-0.39, 0.29) is 5.56 Å². The summed E-state index contributed by atoms with van der Waals surface area (Å²) in [6, 6.07) is 3.14. The Morgan fingerprint density at radius 2 is 2.41 bits per heavy atom. The molecule has 0 bridgehead atoms. The maximum Gasteiger partial charge on any atom is 0.335 e. The van der Waals surface area contributed by atoms with E-state index in [1.54, 1.807) is 25.4 Å². The second-order valence-corrected chi connectivity index (χ2v) is 3.81. The average molecular weight is 234 g/mol. The van der Waals surface area contributed by atoms with Crippen LogP contribution in [0.4, 0.5) is 0 Å². The molecule has 0 saturated heterocycles. The number of carboxylic acids is 1. The molecule has 0 aliphatic heterocycles. The predicted molar refractivity (Wildman–Crippen MR) is 62.3 cm³/mol. The number of hydrogen-bond acceptors (Lipinski definition) is 3. The second kappa shape index (κ2) is 4.97. The lowest BCUT2D eigenvalue weighted by atomic mass is 10.3. The Morgan fingerprint density at radius 1 is 1.59 bits per heavy atom. The van der Waals surface area contributed by atoms with Gasteiger partial charge in [-0.1, -0.05) is 0 Å². The van der Waals surface area contributed by atoms with E-state index in [0.29, 0.717) is 12.3 Å². The maximum atomic E-state index is 10.8. The lowest BCUT2D eigenvalue weighted by Gasteiger charge is -1.94. The minimum atomic E-state index is -0.934. The Morgan fingerprint density at radius 3 is 3.12 bits per heavy atom. The molecule has 0 aliphatic carbocycles. The van der Waals surface area contributed by atoms with E-state index >= 15 is 0 Å². The van der Waals surface area contributed by atoms with Crippen molar-refractivity contribution in [1.29, 1.82) is 0 Å². The van der Waals surface area contributed by atoms with Crippen molar-refractivity contribution in [2.75, 3.05) is 13.7 Å². The van der Waals surface area contributed by atoms with Gasteiger partial charge in [0.1, 0.15) is 5.65 Å². The lowest BCUT2D eigenvalue weighted by molar-refractivity contribution is 0.0697. The molecule has 0 spiro atoms. The molecule has 0 saturated carbocycles. The molecule has 1 N–H and O–H groups in total. The fourth-order valence-corrected chi connectivity index (χ4v) is 1.69. The molecular formula is C12H14N2O3. The monoisotopic (exact) mass is 234 g/mol. The Balaban J connectivity index is 2.21. The molecule has 0 fully saturated rings. The molecule has 2 heterocycles. The van der Waals surface area contributed by atoms with Gasteiger partial charge in [0.25, 0.3) is 0 Å². The van der Waals surface area contributed by atoms with Crippen LogP contribution in [0.25, 0.3) is 5.65 Å². The van der Waals surface area contributed by atoms with Gasteiger partial charge in [0.2, 0.25) is 0 Å². The van der Waals surface area contributed by atoms with Crippen LogP contribution < -0.4 is 0 Å². The van der Waals surface area contributed by atoms with Crippen molar-refractivity contribution in [2.45, 2.75) is 12.8 Å². The summed E-state index contributed by atoms with van der Waals surface area (Å²) in [4.78, 5) is 15.2. The van der Waals surface area contributed by atoms with Gasteiger partial charge < -0.3 is 14.2 Å². The molecule has 0 radical (unpaired) electrons. The van der Waals surface area contributed by atoms with Gasteiger partial charge in [0.15, 0.2) is 0 Å². The van der Waals surface area contributed by atoms with Crippen LogP contribution in [0.3, 0.4) is 0 Å². The number of aryl methyl sites for hydroxylation is 1. The number of pyridine rings is 1. The van der Waals surface area contributed by atoms with Crippen LogP contribution in [0, 0.1) is 0 Å². The van der Waals surface area contributed by atoms with Crippen molar-refractivity contribution in [3.05, 3.63) is 35.8 Å². The second-order valence-electron chi connectivity index (χ2n) is 3.81. The Bertz CT molecular complexity index is 534. The summed E-state index contributed by atoms with van der Waals surface area (Å²) in [6.07, 6.45) is 5.37. The van der Waals surface area contributed by atoms with E-state index in [2.05, 4.69) is 4.98 Å². The highest BCUT2D eigenvalue weighted by molar-refractivity contribution is 5.88. The van der Waals surface area contributed by atoms with Crippen molar-refractivity contribution in [2.24, 2.45) is 0 Å². The zero-order chi connectivity index (χ0) is 12.3. The van der Waals surface area contributed by atoms with Gasteiger partial charge in [-0.25, -0.2) is 9.78 Å². The molecule has 5 nitrogen and oxygen atoms in total. The molecule has 0 amide bonds. The third-order valence-corrected chi connectivity index (χ3v) is 2.54. The molecule has 2 aromatic rings. The third kappa shape index (κ3) is 2.62. The van der Waals surface area contributed by atoms with Gasteiger partial charge in [-0.3, -0.25) is 0 Å². The van der Waals surface area contributed by atoms with Gasteiger partial charge in [0, 0.05) is 26.1 Å². The van der Waals surface area contributed by atoms with E-state index < -0.39 is 5.97 Å². The normalized spacial score (nSPS) is 10.9. The van der Waals surface area contributed by atoms with Gasteiger partial charge in [0.05, 0.1) is 11.3 Å². The van der Waals surface area contributed by atoms with Crippen LogP contribution in [0.2, 0.25) is 0 Å². The number of fused-ring (bicyclic) bond motifs is 1. The summed E-state index contributed by atoms with van der Waals surface area (Å²) in [7, 11) is 1.67. The molecule has 90 valence electrons. The van der Waals surface area contributed by atoms with Gasteiger partial charge in [-0.05, 0) is 25.0 Å². The summed E-state index contributed by atoms with van der Waals surface area (Å²) in [5.74, 6) is -0.934. The first kappa shape index (κ1) is 11.6. The topological polar surface area (TPSA) is 63.8 Å². The number of hydrogen-bond donors (Lipinski definition) is 1. The quantitative estimate of drug-likeness (QED) is 0.798. The van der Waals surface area contributed by atoms with Crippen molar-refractivity contribution >= 4 is 11.6 Å². The van der Waals surface area contributed by atoms with E-state index in [1.165, 1.54) is 0 Å². The zero-order valence-electron chi connectivity index (χ0n) is 9.59. The molecule has 2 aromatic heterocycles. The van der Waals surface area contributed by atoms with Crippen LogP contribution >= 0.6 is 0 Å². The first-order valence-electron chi connectivity index (χ1n) is 5.40. The highest BCUT2D eigenvalue weighted by atomic mass is 16.5. The first-order valence-corrected chi connectivity index (χ1v) is 5.40. The average Bonchev–Trinajstić information content (AvgIpc) is 2.70. The van der Waals surface area contributed by atoms with Gasteiger partial charge in [-0.15, -0.1) is 0 Å². The number of aromatic carboxylic acids is 1. The Hall–Kier alpha value is -1.88. The molecule has 5 heteroatoms. The van der Waals surface area contributed by atoms with Crippen LogP contribution in [-0.4, -0.2) is 34.2 Å². The molecular weight excluding hydrogens is 220 g/mol. The fraction of sp³-hybridized carbons (Fsp3) is 0.333. The molecule has 17 heavy (non-hydrogen) atoms. The smallest absolute Gasteiger partial charge is 0.335 e. The number of ether oxygens (including phenoxy) is 1. The highest BCUT2D eigenvalue weighted by Crippen LogP contribution is 2.09. The number of aromatic nitrogens is 2. The third-order valence-electron chi connectivity index (χ3n) is 2.54. The highest BCUT2D eigenvalue weighted by Gasteiger charge is 2.06. The van der Waals surface area contributed by atoms with E-state index in [9.17, 15) is 4.79 Å². The Kier molecular flexibility index (Phi) is 3.39. The molecule has 0 aromatic carbocycles. The SMILES string of the molecule is COCCCc1cn2ccc(C(=O)O)cc2n1. The van der Waals surface area contributed by atoms with E-state index in [1.807, 2.05) is 10.6 Å². The lowest BCUT2D eigenvalue weighted by Crippen LogP contribution is -1.97. The van der Waals surface area contributed by atoms with Gasteiger partial charge in [-0.2, -0.15) is 0 Å². The van der Waals surface area contributed by atoms with E-state index in [4.69, 9.17) is 9.84 Å². The number of rotatable bonds is 5. The Labute approximate surface area is 98.7 Å². The maximum absolute atomic E-state index is 10.8. The van der Waals surface area contributed by atoms with Crippen molar-refractivity contribution in [1.82, 2.24) is 9.38 Å². The van der Waals surface area contributed by atoms with Crippen LogP contribution in [0.1, 0.15) is 22.5 Å². The largest absolute Gasteiger partial charge is 0.478 e. The summed E-state index contributed by atoms with van der Waals surface area (Å²) in [6.45, 7) is 0.703. The summed E-state index contributed by atoms with van der Waals surface area (Å²) in [5, 5.41) is 8.87. The fourth-order valence-electron chi connectivity index (χ4n) is 1.69. The van der Waals surface area contributed by atoms with Crippen molar-refractivity contribution in [3.8, 4) is 0 Å². The molecule has 0 aliphatic rings. The minimum absolute atomic E-state index is 0.256. The minimum Gasteiger partial charge on any atom is -0.478 e. The zero-order valence-corrected chi connectivity index (χ0v) is 9.59. The molecule has 0 atom stereocenters. The van der Waals surface area contributed by atoms with Crippen molar-refractivity contribution < 1.29 is 14.6 Å². The number of imidazole rings is 1. The van der Waals surface area contributed by atoms with Crippen LogP contribution in [0.15, 0.2) is 24.5 Å².